The molecule has 1 heterocycles. The number of halogens is 5. The molecular formula is C19H12Cl2F3NO2. The average molecular weight is 414 g/mol. The van der Waals surface area contributed by atoms with Gasteiger partial charge in [-0.15, -0.1) is 0 Å². The highest BCUT2D eigenvalue weighted by Crippen LogP contribution is 2.33. The first-order chi connectivity index (χ1) is 12.7. The molecule has 0 aliphatic carbocycles. The third kappa shape index (κ3) is 4.34. The van der Waals surface area contributed by atoms with E-state index in [4.69, 9.17) is 23.2 Å². The molecule has 0 spiro atoms. The van der Waals surface area contributed by atoms with Crippen LogP contribution in [0.4, 0.5) is 13.2 Å². The molecule has 0 bridgehead atoms. The largest absolute Gasteiger partial charge is 0.477 e. The molecule has 8 heteroatoms. The van der Waals surface area contributed by atoms with Gasteiger partial charge in [0.15, 0.2) is 5.69 Å². The Morgan fingerprint density at radius 3 is 2.41 bits per heavy atom. The minimum absolute atomic E-state index is 0.0186. The number of rotatable bonds is 4. The van der Waals surface area contributed by atoms with Gasteiger partial charge in [0.1, 0.15) is 0 Å². The maximum absolute atomic E-state index is 13.2. The van der Waals surface area contributed by atoms with E-state index in [1.165, 1.54) is 18.2 Å². The number of carboxylic acid groups (broad SMARTS) is 1. The van der Waals surface area contributed by atoms with Crippen LogP contribution in [0.5, 0.6) is 0 Å². The fraction of sp³-hybridized carbons (Fsp3) is 0.158. The summed E-state index contributed by atoms with van der Waals surface area (Å²) in [7, 11) is 0. The van der Waals surface area contributed by atoms with E-state index in [1.807, 2.05) is 0 Å². The molecule has 0 amide bonds. The summed E-state index contributed by atoms with van der Waals surface area (Å²) < 4.78 is 39.6. The Balaban J connectivity index is 2.34. The number of nitrogens with zero attached hydrogens (tertiary/aromatic N) is 1. The summed E-state index contributed by atoms with van der Waals surface area (Å²) >= 11 is 12.2. The number of hydrogen-bond donors (Lipinski definition) is 1. The Bertz CT molecular complexity index is 1040. The fourth-order valence-electron chi connectivity index (χ4n) is 2.94. The van der Waals surface area contributed by atoms with Crippen LogP contribution in [-0.4, -0.2) is 22.2 Å². The smallest absolute Gasteiger partial charge is 0.393 e. The summed E-state index contributed by atoms with van der Waals surface area (Å²) in [4.78, 5) is 15.5. The second-order valence-electron chi connectivity index (χ2n) is 5.94. The van der Waals surface area contributed by atoms with Crippen molar-refractivity contribution in [2.24, 2.45) is 0 Å². The van der Waals surface area contributed by atoms with Crippen molar-refractivity contribution in [3.05, 3.63) is 74.9 Å². The summed E-state index contributed by atoms with van der Waals surface area (Å²) in [5.41, 5.74) is 0.0235. The number of hydrogen-bond acceptors (Lipinski definition) is 2. The highest BCUT2D eigenvalue weighted by Gasteiger charge is 2.33. The van der Waals surface area contributed by atoms with Gasteiger partial charge in [-0.25, -0.2) is 9.78 Å². The van der Waals surface area contributed by atoms with Gasteiger partial charge in [-0.3, -0.25) is 0 Å². The van der Waals surface area contributed by atoms with Gasteiger partial charge in [0.05, 0.1) is 11.9 Å². The Kier molecular flexibility index (Phi) is 5.31. The van der Waals surface area contributed by atoms with Crippen molar-refractivity contribution >= 4 is 40.1 Å². The van der Waals surface area contributed by atoms with Crippen LogP contribution in [0.25, 0.3) is 10.9 Å². The highest BCUT2D eigenvalue weighted by atomic mass is 35.5. The number of fused-ring (bicyclic) bond motifs is 1. The van der Waals surface area contributed by atoms with Crippen molar-refractivity contribution in [3.63, 3.8) is 0 Å². The Hall–Kier alpha value is -2.31. The van der Waals surface area contributed by atoms with Crippen LogP contribution in [0.2, 0.25) is 10.0 Å². The van der Waals surface area contributed by atoms with Crippen LogP contribution in [0, 0.1) is 0 Å². The summed E-state index contributed by atoms with van der Waals surface area (Å²) in [6.07, 6.45) is -6.00. The molecule has 3 nitrogen and oxygen atoms in total. The van der Waals surface area contributed by atoms with Gasteiger partial charge >= 0.3 is 12.1 Å². The Morgan fingerprint density at radius 2 is 1.78 bits per heavy atom. The Morgan fingerprint density at radius 1 is 1.07 bits per heavy atom. The molecule has 27 heavy (non-hydrogen) atoms. The predicted molar refractivity (Wildman–Crippen MR) is 97.7 cm³/mol. The quantitative estimate of drug-likeness (QED) is 0.575. The fourth-order valence-corrected chi connectivity index (χ4v) is 3.32. The summed E-state index contributed by atoms with van der Waals surface area (Å²) in [6.45, 7) is 0. The van der Waals surface area contributed by atoms with Crippen LogP contribution in [0.3, 0.4) is 0 Å². The molecule has 0 unspecified atom stereocenters. The van der Waals surface area contributed by atoms with Crippen LogP contribution in [0.15, 0.2) is 42.5 Å². The zero-order chi connectivity index (χ0) is 19.8. The minimum Gasteiger partial charge on any atom is -0.477 e. The lowest BCUT2D eigenvalue weighted by Crippen LogP contribution is -2.19. The maximum Gasteiger partial charge on any atom is 0.393 e. The topological polar surface area (TPSA) is 50.2 Å². The van der Waals surface area contributed by atoms with Crippen LogP contribution in [-0.2, 0) is 12.8 Å². The Labute approximate surface area is 162 Å². The molecule has 0 atom stereocenters. The van der Waals surface area contributed by atoms with Gasteiger partial charge < -0.3 is 5.11 Å². The average Bonchev–Trinajstić information content (AvgIpc) is 2.57. The standard InChI is InChI=1S/C19H12Cl2F3NO2/c20-11-5-6-16-13(8-11)12(7-10-3-1-2-4-15(10)21)14(9-19(22,23)24)17(25-16)18(26)27/h1-6,8H,7,9H2,(H,26,27). The van der Waals surface area contributed by atoms with Gasteiger partial charge in [-0.05, 0) is 47.4 Å². The SMILES string of the molecule is O=C(O)c1nc2ccc(Cl)cc2c(Cc2ccccc2Cl)c1CC(F)(F)F. The minimum atomic E-state index is -4.60. The first kappa shape index (κ1) is 19.5. The lowest BCUT2D eigenvalue weighted by atomic mass is 9.92. The molecule has 3 rings (SSSR count). The van der Waals surface area contributed by atoms with E-state index in [0.717, 1.165) is 0 Å². The molecule has 140 valence electrons. The molecule has 0 fully saturated rings. The third-order valence-corrected chi connectivity index (χ3v) is 4.67. The number of aromatic carboxylic acids is 1. The monoisotopic (exact) mass is 413 g/mol. The second-order valence-corrected chi connectivity index (χ2v) is 6.79. The molecule has 1 aromatic heterocycles. The molecule has 0 radical (unpaired) electrons. The van der Waals surface area contributed by atoms with E-state index in [9.17, 15) is 23.1 Å². The first-order valence-corrected chi connectivity index (χ1v) is 8.56. The molecule has 0 saturated carbocycles. The number of carboxylic acids is 1. The van der Waals surface area contributed by atoms with Crippen molar-refractivity contribution in [2.45, 2.75) is 19.0 Å². The van der Waals surface area contributed by atoms with Gasteiger partial charge in [-0.1, -0.05) is 41.4 Å². The van der Waals surface area contributed by atoms with E-state index in [-0.39, 0.29) is 23.1 Å². The summed E-state index contributed by atoms with van der Waals surface area (Å²) in [5, 5.41) is 10.5. The zero-order valence-corrected chi connectivity index (χ0v) is 15.2. The van der Waals surface area contributed by atoms with Crippen molar-refractivity contribution in [1.29, 1.82) is 0 Å². The molecule has 1 N–H and O–H groups in total. The van der Waals surface area contributed by atoms with Crippen molar-refractivity contribution in [1.82, 2.24) is 4.98 Å². The first-order valence-electron chi connectivity index (χ1n) is 7.80. The predicted octanol–water partition coefficient (Wildman–Crippen LogP) is 5.94. The van der Waals surface area contributed by atoms with Crippen LogP contribution >= 0.6 is 23.2 Å². The second kappa shape index (κ2) is 7.37. The van der Waals surface area contributed by atoms with Crippen molar-refractivity contribution in [2.75, 3.05) is 0 Å². The van der Waals surface area contributed by atoms with E-state index >= 15 is 0 Å². The van der Waals surface area contributed by atoms with Crippen LogP contribution < -0.4 is 0 Å². The summed E-state index contributed by atoms with van der Waals surface area (Å²) in [5.74, 6) is -1.52. The molecular weight excluding hydrogens is 402 g/mol. The number of pyridine rings is 1. The molecule has 0 aliphatic rings. The number of alkyl halides is 3. The normalized spacial score (nSPS) is 11.7. The maximum atomic E-state index is 13.2. The number of benzene rings is 2. The van der Waals surface area contributed by atoms with Gasteiger partial charge in [0.25, 0.3) is 0 Å². The van der Waals surface area contributed by atoms with E-state index < -0.39 is 24.3 Å². The van der Waals surface area contributed by atoms with Crippen LogP contribution in [0.1, 0.15) is 27.2 Å². The van der Waals surface area contributed by atoms with Gasteiger partial charge in [0, 0.05) is 15.4 Å². The molecule has 0 saturated heterocycles. The van der Waals surface area contributed by atoms with Crippen molar-refractivity contribution in [3.8, 4) is 0 Å². The number of aromatic nitrogens is 1. The molecule has 0 aliphatic heterocycles. The number of carbonyl (C=O) groups is 1. The highest BCUT2D eigenvalue weighted by molar-refractivity contribution is 6.31. The molecule has 3 aromatic rings. The lowest BCUT2D eigenvalue weighted by molar-refractivity contribution is -0.127. The molecule has 2 aromatic carbocycles. The van der Waals surface area contributed by atoms with Gasteiger partial charge in [0.2, 0.25) is 0 Å². The van der Waals surface area contributed by atoms with E-state index in [2.05, 4.69) is 4.98 Å². The zero-order valence-electron chi connectivity index (χ0n) is 13.6. The summed E-state index contributed by atoms with van der Waals surface area (Å²) in [6, 6.07) is 11.2. The van der Waals surface area contributed by atoms with Gasteiger partial charge in [-0.2, -0.15) is 13.2 Å². The van der Waals surface area contributed by atoms with E-state index in [0.29, 0.717) is 21.0 Å². The van der Waals surface area contributed by atoms with Crippen molar-refractivity contribution < 1.29 is 23.1 Å². The lowest BCUT2D eigenvalue weighted by Gasteiger charge is -2.17. The third-order valence-electron chi connectivity index (χ3n) is 4.07. The van der Waals surface area contributed by atoms with E-state index in [1.54, 1.807) is 24.3 Å².